The van der Waals surface area contributed by atoms with Crippen LogP contribution < -0.4 is 5.73 Å². The molecule has 0 saturated heterocycles. The molecule has 0 fully saturated rings. The number of carbonyl (C=O) groups is 1. The van der Waals surface area contributed by atoms with E-state index in [0.29, 0.717) is 12.1 Å². The lowest BCUT2D eigenvalue weighted by atomic mass is 10.2. The predicted octanol–water partition coefficient (Wildman–Crippen LogP) is 2.14. The monoisotopic (exact) mass is 253 g/mol. The molecule has 1 aromatic rings. The first-order valence-corrected chi connectivity index (χ1v) is 5.31. The van der Waals surface area contributed by atoms with Gasteiger partial charge in [-0.15, -0.1) is 0 Å². The van der Waals surface area contributed by atoms with E-state index in [1.54, 1.807) is 12.1 Å². The molecule has 90 valence electrons. The van der Waals surface area contributed by atoms with Gasteiger partial charge in [0.25, 0.3) is 0 Å². The number of nitrogens with zero attached hydrogens (tertiary/aromatic N) is 2. The van der Waals surface area contributed by atoms with E-state index in [2.05, 4.69) is 9.98 Å². The first-order chi connectivity index (χ1) is 8.04. The molecule has 0 aliphatic carbocycles. The number of aliphatic imine (C=N–C) groups is 1. The van der Waals surface area contributed by atoms with Gasteiger partial charge in [0.05, 0.1) is 5.02 Å². The lowest BCUT2D eigenvalue weighted by molar-refractivity contribution is -0.129. The van der Waals surface area contributed by atoms with E-state index in [4.69, 9.17) is 22.4 Å². The van der Waals surface area contributed by atoms with Crippen LogP contribution in [0.3, 0.4) is 0 Å². The van der Waals surface area contributed by atoms with Crippen LogP contribution in [-0.2, 0) is 4.79 Å². The molecule has 0 aliphatic rings. The molecule has 17 heavy (non-hydrogen) atoms. The van der Waals surface area contributed by atoms with E-state index < -0.39 is 5.97 Å². The second kappa shape index (κ2) is 6.00. The Morgan fingerprint density at radius 1 is 1.71 bits per heavy atom. The Balaban J connectivity index is 3.16. The maximum absolute atomic E-state index is 11.0. The van der Waals surface area contributed by atoms with Crippen LogP contribution in [0, 0.1) is 0 Å². The minimum atomic E-state index is -1.18. The standard InChI is InChI=1S/C11H12ClN3O2/c1-2-7(13)6-9(11(16)17)15-10-8(12)4-3-5-14-10/h3-6H,2,13H2,1H3,(H,16,17)/b7-6-,15-9-. The molecule has 5 nitrogen and oxygen atoms in total. The Morgan fingerprint density at radius 2 is 2.41 bits per heavy atom. The Labute approximate surface area is 104 Å². The number of pyridine rings is 1. The summed E-state index contributed by atoms with van der Waals surface area (Å²) in [6.07, 6.45) is 3.33. The van der Waals surface area contributed by atoms with Gasteiger partial charge < -0.3 is 10.8 Å². The number of allylic oxidation sites excluding steroid dienone is 1. The van der Waals surface area contributed by atoms with Gasteiger partial charge >= 0.3 is 5.97 Å². The van der Waals surface area contributed by atoms with Gasteiger partial charge in [-0.3, -0.25) is 0 Å². The lowest BCUT2D eigenvalue weighted by Gasteiger charge is -1.99. The lowest BCUT2D eigenvalue weighted by Crippen LogP contribution is -2.12. The first kappa shape index (κ1) is 13.2. The maximum Gasteiger partial charge on any atom is 0.354 e. The molecule has 0 saturated carbocycles. The molecule has 0 unspecified atom stereocenters. The minimum absolute atomic E-state index is 0.159. The van der Waals surface area contributed by atoms with Crippen molar-refractivity contribution < 1.29 is 9.90 Å². The van der Waals surface area contributed by atoms with Gasteiger partial charge in [0, 0.05) is 11.9 Å². The SMILES string of the molecule is CC/C(N)=C/C(=N/c1ncccc1Cl)C(=O)O. The van der Waals surface area contributed by atoms with Crippen LogP contribution in [0.1, 0.15) is 13.3 Å². The van der Waals surface area contributed by atoms with E-state index in [0.717, 1.165) is 0 Å². The molecular weight excluding hydrogens is 242 g/mol. The highest BCUT2D eigenvalue weighted by atomic mass is 35.5. The Hall–Kier alpha value is -1.88. The molecule has 0 bridgehead atoms. The van der Waals surface area contributed by atoms with Crippen molar-refractivity contribution in [3.63, 3.8) is 0 Å². The fraction of sp³-hybridized carbons (Fsp3) is 0.182. The number of hydrogen-bond acceptors (Lipinski definition) is 4. The third kappa shape index (κ3) is 3.88. The third-order valence-electron chi connectivity index (χ3n) is 1.91. The van der Waals surface area contributed by atoms with Gasteiger partial charge in [-0.25, -0.2) is 14.8 Å². The van der Waals surface area contributed by atoms with Gasteiger partial charge in [0.1, 0.15) is 0 Å². The minimum Gasteiger partial charge on any atom is -0.477 e. The second-order valence-corrected chi connectivity index (χ2v) is 3.59. The zero-order chi connectivity index (χ0) is 12.8. The van der Waals surface area contributed by atoms with Gasteiger partial charge in [-0.2, -0.15) is 0 Å². The average molecular weight is 254 g/mol. The highest BCUT2D eigenvalue weighted by molar-refractivity contribution is 6.41. The van der Waals surface area contributed by atoms with Gasteiger partial charge in [0.2, 0.25) is 0 Å². The first-order valence-electron chi connectivity index (χ1n) is 4.93. The van der Waals surface area contributed by atoms with Crippen LogP contribution in [-0.4, -0.2) is 21.8 Å². The Morgan fingerprint density at radius 3 is 2.94 bits per heavy atom. The number of aromatic nitrogens is 1. The largest absolute Gasteiger partial charge is 0.477 e. The third-order valence-corrected chi connectivity index (χ3v) is 2.21. The fourth-order valence-electron chi connectivity index (χ4n) is 0.993. The summed E-state index contributed by atoms with van der Waals surface area (Å²) in [5, 5.41) is 9.25. The zero-order valence-corrected chi connectivity index (χ0v) is 9.98. The molecule has 0 aromatic carbocycles. The van der Waals surface area contributed by atoms with E-state index >= 15 is 0 Å². The van der Waals surface area contributed by atoms with Crippen LogP contribution in [0.25, 0.3) is 0 Å². The van der Waals surface area contributed by atoms with Gasteiger partial charge in [-0.1, -0.05) is 18.5 Å². The number of carboxylic acid groups (broad SMARTS) is 1. The molecule has 0 aliphatic heterocycles. The maximum atomic E-state index is 11.0. The van der Waals surface area contributed by atoms with Crippen LogP contribution in [0.4, 0.5) is 5.82 Å². The second-order valence-electron chi connectivity index (χ2n) is 3.18. The Bertz CT molecular complexity index is 483. The summed E-state index contributed by atoms with van der Waals surface area (Å²) in [6, 6.07) is 3.22. The van der Waals surface area contributed by atoms with Crippen LogP contribution in [0.15, 0.2) is 35.1 Å². The Kier molecular flexibility index (Phi) is 4.66. The number of nitrogens with two attached hydrogens (primary N) is 1. The van der Waals surface area contributed by atoms with Crippen molar-refractivity contribution in [1.82, 2.24) is 4.98 Å². The summed E-state index contributed by atoms with van der Waals surface area (Å²) in [5.41, 5.74) is 5.81. The van der Waals surface area contributed by atoms with E-state index in [1.165, 1.54) is 12.3 Å². The molecule has 1 aromatic heterocycles. The quantitative estimate of drug-likeness (QED) is 0.805. The summed E-state index contributed by atoms with van der Waals surface area (Å²) in [5.74, 6) is -1.02. The molecule has 0 atom stereocenters. The summed E-state index contributed by atoms with van der Waals surface area (Å²) >= 11 is 5.83. The molecule has 0 spiro atoms. The molecule has 1 heterocycles. The zero-order valence-electron chi connectivity index (χ0n) is 9.22. The van der Waals surface area contributed by atoms with Crippen LogP contribution in [0.5, 0.6) is 0 Å². The van der Waals surface area contributed by atoms with E-state index in [-0.39, 0.29) is 16.6 Å². The molecule has 0 radical (unpaired) electrons. The van der Waals surface area contributed by atoms with Crippen LogP contribution >= 0.6 is 11.6 Å². The van der Waals surface area contributed by atoms with E-state index in [9.17, 15) is 4.79 Å². The van der Waals surface area contributed by atoms with Crippen molar-refractivity contribution in [2.75, 3.05) is 0 Å². The number of rotatable bonds is 4. The molecule has 6 heteroatoms. The van der Waals surface area contributed by atoms with Crippen molar-refractivity contribution in [2.24, 2.45) is 10.7 Å². The fourth-order valence-corrected chi connectivity index (χ4v) is 1.16. The highest BCUT2D eigenvalue weighted by Gasteiger charge is 2.09. The molecule has 0 amide bonds. The number of carboxylic acids is 1. The van der Waals surface area contributed by atoms with Crippen LogP contribution in [0.2, 0.25) is 5.02 Å². The average Bonchev–Trinajstić information content (AvgIpc) is 2.30. The number of aliphatic carboxylic acids is 1. The van der Waals surface area contributed by atoms with Crippen molar-refractivity contribution in [3.05, 3.63) is 35.1 Å². The number of halogens is 1. The summed E-state index contributed by atoms with van der Waals surface area (Å²) in [4.78, 5) is 18.7. The van der Waals surface area contributed by atoms with Crippen molar-refractivity contribution >= 4 is 29.1 Å². The number of hydrogen-bond donors (Lipinski definition) is 2. The van der Waals surface area contributed by atoms with E-state index in [1.807, 2.05) is 6.92 Å². The predicted molar refractivity (Wildman–Crippen MR) is 66.5 cm³/mol. The van der Waals surface area contributed by atoms with Crippen molar-refractivity contribution in [3.8, 4) is 0 Å². The molecule has 3 N–H and O–H groups in total. The summed E-state index contributed by atoms with van der Waals surface area (Å²) in [6.45, 7) is 1.82. The molecule has 1 rings (SSSR count). The summed E-state index contributed by atoms with van der Waals surface area (Å²) in [7, 11) is 0. The summed E-state index contributed by atoms with van der Waals surface area (Å²) < 4.78 is 0. The smallest absolute Gasteiger partial charge is 0.354 e. The van der Waals surface area contributed by atoms with Gasteiger partial charge in [0.15, 0.2) is 11.5 Å². The normalized spacial score (nSPS) is 12.6. The van der Waals surface area contributed by atoms with Gasteiger partial charge in [-0.05, 0) is 24.6 Å². The van der Waals surface area contributed by atoms with Crippen molar-refractivity contribution in [2.45, 2.75) is 13.3 Å². The topological polar surface area (TPSA) is 88.6 Å². The molecular formula is C11H12ClN3O2. The van der Waals surface area contributed by atoms with Crippen molar-refractivity contribution in [1.29, 1.82) is 0 Å². The highest BCUT2D eigenvalue weighted by Crippen LogP contribution is 2.21.